The molecule has 4 nitrogen and oxygen atoms in total. The highest BCUT2D eigenvalue weighted by Gasteiger charge is 2.51. The van der Waals surface area contributed by atoms with Crippen LogP contribution in [0.4, 0.5) is 0 Å². The van der Waals surface area contributed by atoms with Gasteiger partial charge in [0.25, 0.3) is 0 Å². The van der Waals surface area contributed by atoms with Crippen molar-refractivity contribution in [2.75, 3.05) is 13.1 Å². The summed E-state index contributed by atoms with van der Waals surface area (Å²) in [5.74, 6) is 1.21. The largest absolute Gasteiger partial charge is 0.490 e. The second-order valence-electron chi connectivity index (χ2n) is 9.02. The summed E-state index contributed by atoms with van der Waals surface area (Å²) in [7, 11) is 0. The van der Waals surface area contributed by atoms with Gasteiger partial charge in [0.2, 0.25) is 5.91 Å². The Morgan fingerprint density at radius 2 is 1.92 bits per heavy atom. The number of aliphatic hydroxyl groups is 1. The van der Waals surface area contributed by atoms with Gasteiger partial charge in [0.1, 0.15) is 5.75 Å². The van der Waals surface area contributed by atoms with Gasteiger partial charge in [0, 0.05) is 29.4 Å². The lowest BCUT2D eigenvalue weighted by Crippen LogP contribution is -2.63. The Bertz CT molecular complexity index is 693. The minimum absolute atomic E-state index is 0.0369. The van der Waals surface area contributed by atoms with Crippen LogP contribution in [0.2, 0.25) is 5.02 Å². The molecule has 2 aliphatic carbocycles. The van der Waals surface area contributed by atoms with E-state index in [0.717, 1.165) is 55.1 Å². The smallest absolute Gasteiger partial charge is 0.225 e. The van der Waals surface area contributed by atoms with Gasteiger partial charge in [-0.25, -0.2) is 0 Å². The first-order chi connectivity index (χ1) is 12.3. The topological polar surface area (TPSA) is 49.8 Å². The number of carbonyl (C=O) groups is 1. The summed E-state index contributed by atoms with van der Waals surface area (Å²) in [6.45, 7) is 5.62. The Balaban J connectivity index is 1.25. The molecule has 0 atom stereocenters. The predicted octanol–water partition coefficient (Wildman–Crippen LogP) is 3.96. The van der Waals surface area contributed by atoms with Gasteiger partial charge in [-0.3, -0.25) is 4.79 Å². The summed E-state index contributed by atoms with van der Waals surface area (Å²) in [5, 5.41) is 10.6. The highest BCUT2D eigenvalue weighted by atomic mass is 35.5. The predicted molar refractivity (Wildman–Crippen MR) is 101 cm³/mol. The van der Waals surface area contributed by atoms with Crippen molar-refractivity contribution in [3.63, 3.8) is 0 Å². The van der Waals surface area contributed by atoms with Crippen molar-refractivity contribution in [1.29, 1.82) is 0 Å². The minimum Gasteiger partial charge on any atom is -0.490 e. The number of ether oxygens (including phenoxy) is 1. The molecule has 1 aromatic rings. The molecular formula is C21H28ClNO3. The monoisotopic (exact) mass is 377 g/mol. The molecule has 4 rings (SSSR count). The highest BCUT2D eigenvalue weighted by molar-refractivity contribution is 6.30. The molecule has 1 spiro atoms. The maximum absolute atomic E-state index is 12.5. The van der Waals surface area contributed by atoms with E-state index < -0.39 is 5.60 Å². The molecule has 1 aromatic carbocycles. The minimum atomic E-state index is -0.627. The molecule has 5 heteroatoms. The summed E-state index contributed by atoms with van der Waals surface area (Å²) < 4.78 is 6.20. The van der Waals surface area contributed by atoms with E-state index in [0.29, 0.717) is 18.3 Å². The fourth-order valence-electron chi connectivity index (χ4n) is 4.92. The maximum atomic E-state index is 12.5. The number of carbonyl (C=O) groups excluding carboxylic acids is 1. The molecule has 1 aliphatic heterocycles. The average molecular weight is 378 g/mol. The fourth-order valence-corrected chi connectivity index (χ4v) is 5.14. The van der Waals surface area contributed by atoms with Crippen molar-refractivity contribution in [2.45, 2.75) is 64.1 Å². The number of hydrogen-bond donors (Lipinski definition) is 1. The van der Waals surface area contributed by atoms with Crippen molar-refractivity contribution < 1.29 is 14.6 Å². The van der Waals surface area contributed by atoms with Crippen molar-refractivity contribution in [3.8, 4) is 5.75 Å². The van der Waals surface area contributed by atoms with Crippen LogP contribution in [0.25, 0.3) is 0 Å². The number of amides is 1. The van der Waals surface area contributed by atoms with E-state index in [9.17, 15) is 9.90 Å². The number of benzene rings is 1. The zero-order valence-corrected chi connectivity index (χ0v) is 16.4. The molecule has 2 saturated carbocycles. The summed E-state index contributed by atoms with van der Waals surface area (Å²) in [6.07, 6.45) is 5.82. The van der Waals surface area contributed by atoms with Gasteiger partial charge >= 0.3 is 0 Å². The van der Waals surface area contributed by atoms with Gasteiger partial charge in [-0.15, -0.1) is 0 Å². The summed E-state index contributed by atoms with van der Waals surface area (Å²) in [4.78, 5) is 14.5. The SMILES string of the molecule is Cc1cc(Cl)ccc1OC1CCC2(CC1)CN(C(=O)[C@H]1C[C@@](C)(O)C1)C2. The molecule has 1 amide bonds. The molecule has 0 aromatic heterocycles. The van der Waals surface area contributed by atoms with E-state index in [1.165, 1.54) is 0 Å². The maximum Gasteiger partial charge on any atom is 0.225 e. The van der Waals surface area contributed by atoms with Gasteiger partial charge in [-0.05, 0) is 76.1 Å². The number of nitrogens with zero attached hydrogens (tertiary/aromatic N) is 1. The van der Waals surface area contributed by atoms with Gasteiger partial charge in [0.15, 0.2) is 0 Å². The normalized spacial score (nSPS) is 30.6. The van der Waals surface area contributed by atoms with Crippen LogP contribution in [-0.4, -0.2) is 40.7 Å². The van der Waals surface area contributed by atoms with Crippen molar-refractivity contribution in [3.05, 3.63) is 28.8 Å². The Labute approximate surface area is 160 Å². The van der Waals surface area contributed by atoms with E-state index in [-0.39, 0.29) is 17.9 Å². The third-order valence-electron chi connectivity index (χ3n) is 6.51. The van der Waals surface area contributed by atoms with Gasteiger partial charge in [-0.1, -0.05) is 11.6 Å². The number of rotatable bonds is 3. The standard InChI is InChI=1S/C21H28ClNO3/c1-14-9-16(22)3-4-18(14)26-17-5-7-21(8-6-17)12-23(13-21)19(24)15-10-20(2,25)11-15/h3-4,9,15,17,25H,5-8,10-13H2,1-2H3/t15-,20+. The highest BCUT2D eigenvalue weighted by Crippen LogP contribution is 2.47. The molecular weight excluding hydrogens is 350 g/mol. The lowest BCUT2D eigenvalue weighted by Gasteiger charge is -2.55. The van der Waals surface area contributed by atoms with Crippen LogP contribution in [0.5, 0.6) is 5.75 Å². The van der Waals surface area contributed by atoms with Crippen LogP contribution in [0.1, 0.15) is 51.0 Å². The first-order valence-corrected chi connectivity index (χ1v) is 10.1. The Hall–Kier alpha value is -1.26. The quantitative estimate of drug-likeness (QED) is 0.867. The Morgan fingerprint density at radius 3 is 2.50 bits per heavy atom. The number of hydrogen-bond acceptors (Lipinski definition) is 3. The van der Waals surface area contributed by atoms with E-state index in [1.807, 2.05) is 36.9 Å². The van der Waals surface area contributed by atoms with E-state index in [2.05, 4.69) is 0 Å². The van der Waals surface area contributed by atoms with Crippen LogP contribution in [0.3, 0.4) is 0 Å². The molecule has 3 fully saturated rings. The zero-order valence-electron chi connectivity index (χ0n) is 15.6. The molecule has 1 N–H and O–H groups in total. The average Bonchev–Trinajstić information content (AvgIpc) is 2.53. The van der Waals surface area contributed by atoms with Gasteiger partial charge in [0.05, 0.1) is 11.7 Å². The van der Waals surface area contributed by atoms with Gasteiger partial charge < -0.3 is 14.7 Å². The molecule has 26 heavy (non-hydrogen) atoms. The third-order valence-corrected chi connectivity index (χ3v) is 6.74. The van der Waals surface area contributed by atoms with E-state index >= 15 is 0 Å². The number of halogens is 1. The molecule has 3 aliphatic rings. The first-order valence-electron chi connectivity index (χ1n) is 9.69. The van der Waals surface area contributed by atoms with E-state index in [1.54, 1.807) is 0 Å². The van der Waals surface area contributed by atoms with Crippen LogP contribution in [0.15, 0.2) is 18.2 Å². The van der Waals surface area contributed by atoms with Crippen LogP contribution >= 0.6 is 11.6 Å². The Kier molecular flexibility index (Phi) is 4.47. The van der Waals surface area contributed by atoms with Crippen molar-refractivity contribution in [2.24, 2.45) is 11.3 Å². The van der Waals surface area contributed by atoms with Crippen LogP contribution in [0, 0.1) is 18.3 Å². The van der Waals surface area contributed by atoms with Crippen LogP contribution in [-0.2, 0) is 4.79 Å². The molecule has 1 saturated heterocycles. The molecule has 0 radical (unpaired) electrons. The fraction of sp³-hybridized carbons (Fsp3) is 0.667. The summed E-state index contributed by atoms with van der Waals surface area (Å²) >= 11 is 6.01. The van der Waals surface area contributed by atoms with Crippen molar-refractivity contribution in [1.82, 2.24) is 4.90 Å². The molecule has 0 unspecified atom stereocenters. The Morgan fingerprint density at radius 1 is 1.27 bits per heavy atom. The second-order valence-corrected chi connectivity index (χ2v) is 9.46. The lowest BCUT2D eigenvalue weighted by atomic mass is 9.66. The molecule has 142 valence electrons. The summed E-state index contributed by atoms with van der Waals surface area (Å²) in [5.41, 5.74) is 0.754. The van der Waals surface area contributed by atoms with E-state index in [4.69, 9.17) is 16.3 Å². The lowest BCUT2D eigenvalue weighted by molar-refractivity contribution is -0.164. The summed E-state index contributed by atoms with van der Waals surface area (Å²) in [6, 6.07) is 5.77. The molecule has 0 bridgehead atoms. The first kappa shape index (κ1) is 18.1. The second kappa shape index (κ2) is 6.42. The third kappa shape index (κ3) is 3.46. The van der Waals surface area contributed by atoms with Crippen LogP contribution < -0.4 is 4.74 Å². The number of aryl methyl sites for hydroxylation is 1. The van der Waals surface area contributed by atoms with Crippen molar-refractivity contribution >= 4 is 17.5 Å². The number of likely N-dealkylation sites (tertiary alicyclic amines) is 1. The molecule has 1 heterocycles. The zero-order chi connectivity index (χ0) is 18.5. The van der Waals surface area contributed by atoms with Gasteiger partial charge in [-0.2, -0.15) is 0 Å².